The molecule has 12 nitrogen and oxygen atoms in total. The number of nitrogens with one attached hydrogen (secondary N) is 4. The molecule has 29 heavy (non-hydrogen) atoms. The van der Waals surface area contributed by atoms with E-state index in [-0.39, 0.29) is 24.1 Å². The summed E-state index contributed by atoms with van der Waals surface area (Å²) in [6, 6.07) is -1.45. The summed E-state index contributed by atoms with van der Waals surface area (Å²) in [7, 11) is -3.73. The van der Waals surface area contributed by atoms with Gasteiger partial charge >= 0.3 is 5.97 Å². The van der Waals surface area contributed by atoms with Gasteiger partial charge in [-0.3, -0.25) is 14.6 Å². The van der Waals surface area contributed by atoms with Crippen molar-refractivity contribution >= 4 is 33.6 Å². The lowest BCUT2D eigenvalue weighted by molar-refractivity contribution is -0.138. The van der Waals surface area contributed by atoms with Crippen LogP contribution in [-0.2, 0) is 24.4 Å². The summed E-state index contributed by atoms with van der Waals surface area (Å²) in [6.07, 6.45) is 1.92. The first kappa shape index (κ1) is 22.9. The minimum atomic E-state index is -3.73. The summed E-state index contributed by atoms with van der Waals surface area (Å²) in [5, 5.41) is 21.6. The molecule has 2 atom stereocenters. The van der Waals surface area contributed by atoms with Crippen molar-refractivity contribution in [1.29, 1.82) is 0 Å². The highest BCUT2D eigenvalue weighted by Gasteiger charge is 2.28. The third-order valence-corrected chi connectivity index (χ3v) is 5.81. The molecule has 0 spiro atoms. The molecule has 0 aromatic rings. The van der Waals surface area contributed by atoms with E-state index in [0.717, 1.165) is 25.5 Å². The Morgan fingerprint density at radius 2 is 2.21 bits per heavy atom. The van der Waals surface area contributed by atoms with Gasteiger partial charge in [-0.1, -0.05) is 12.1 Å². The van der Waals surface area contributed by atoms with Crippen LogP contribution >= 0.6 is 0 Å². The molecule has 0 radical (unpaired) electrons. The topological polar surface area (TPSA) is 171 Å². The number of oxime groups is 1. The third-order valence-electron chi connectivity index (χ3n) is 4.22. The summed E-state index contributed by atoms with van der Waals surface area (Å²) >= 11 is 0. The van der Waals surface area contributed by atoms with Gasteiger partial charge < -0.3 is 25.9 Å². The zero-order valence-electron chi connectivity index (χ0n) is 16.3. The fourth-order valence-corrected chi connectivity index (χ4v) is 4.06. The maximum atomic E-state index is 12.2. The van der Waals surface area contributed by atoms with Crippen LogP contribution in [0.3, 0.4) is 0 Å². The predicted molar refractivity (Wildman–Crippen MR) is 106 cm³/mol. The molecule has 13 heteroatoms. The molecule has 0 aliphatic carbocycles. The number of amides is 1. The van der Waals surface area contributed by atoms with Gasteiger partial charge in [0.2, 0.25) is 10.0 Å². The van der Waals surface area contributed by atoms with Gasteiger partial charge in [0.05, 0.1) is 12.3 Å². The Morgan fingerprint density at radius 3 is 2.86 bits per heavy atom. The van der Waals surface area contributed by atoms with Gasteiger partial charge in [0.25, 0.3) is 5.91 Å². The number of carbonyl (C=O) groups is 2. The van der Waals surface area contributed by atoms with Gasteiger partial charge in [0.1, 0.15) is 17.9 Å². The molecule has 2 heterocycles. The molecular weight excluding hydrogens is 404 g/mol. The number of aliphatic imine (C=N–C) groups is 1. The Kier molecular flexibility index (Phi) is 8.64. The van der Waals surface area contributed by atoms with E-state index in [1.165, 1.54) is 0 Å². The van der Waals surface area contributed by atoms with Gasteiger partial charge in [0.15, 0.2) is 5.96 Å². The van der Waals surface area contributed by atoms with Crippen molar-refractivity contribution in [3.8, 4) is 0 Å². The van der Waals surface area contributed by atoms with Gasteiger partial charge in [-0.05, 0) is 19.3 Å². The number of carboxylic acid groups (broad SMARTS) is 1. The first-order chi connectivity index (χ1) is 13.8. The number of carbonyl (C=O) groups excluding carboxylic acids is 1. The minimum absolute atomic E-state index is 0.158. The maximum absolute atomic E-state index is 12.2. The molecule has 1 amide bonds. The molecule has 0 aromatic carbocycles. The molecule has 0 fully saturated rings. The SMILES string of the molecule is CCCS(=O)(=O)NC(CNC(=O)C1=NOC(CCCNC2=NCCN2)C1)C(=O)O. The van der Waals surface area contributed by atoms with E-state index < -0.39 is 27.9 Å². The lowest BCUT2D eigenvalue weighted by Gasteiger charge is -2.15. The van der Waals surface area contributed by atoms with Crippen molar-refractivity contribution in [2.24, 2.45) is 10.1 Å². The van der Waals surface area contributed by atoms with E-state index in [1.54, 1.807) is 6.92 Å². The van der Waals surface area contributed by atoms with Crippen LogP contribution in [-0.4, -0.2) is 81.1 Å². The number of guanidine groups is 1. The second-order valence-corrected chi connectivity index (χ2v) is 8.61. The van der Waals surface area contributed by atoms with Crippen LogP contribution < -0.4 is 20.7 Å². The van der Waals surface area contributed by atoms with Crippen LogP contribution in [0.15, 0.2) is 10.1 Å². The molecule has 5 N–H and O–H groups in total. The zero-order chi connectivity index (χ0) is 21.3. The second-order valence-electron chi connectivity index (χ2n) is 6.73. The molecule has 0 bridgehead atoms. The summed E-state index contributed by atoms with van der Waals surface area (Å²) < 4.78 is 25.6. The highest BCUT2D eigenvalue weighted by atomic mass is 32.2. The predicted octanol–water partition coefficient (Wildman–Crippen LogP) is -1.64. The fraction of sp³-hybridized carbons (Fsp3) is 0.750. The normalized spacial score (nSPS) is 19.6. The molecule has 2 aliphatic heterocycles. The molecule has 2 aliphatic rings. The molecule has 0 aromatic heterocycles. The van der Waals surface area contributed by atoms with E-state index >= 15 is 0 Å². The van der Waals surface area contributed by atoms with Gasteiger partial charge in [0, 0.05) is 26.1 Å². The van der Waals surface area contributed by atoms with E-state index in [9.17, 15) is 23.1 Å². The van der Waals surface area contributed by atoms with Gasteiger partial charge in [-0.25, -0.2) is 8.42 Å². The number of carboxylic acids is 1. The largest absolute Gasteiger partial charge is 0.480 e. The number of sulfonamides is 1. The number of aliphatic carboxylic acids is 1. The first-order valence-electron chi connectivity index (χ1n) is 9.56. The lowest BCUT2D eigenvalue weighted by atomic mass is 10.1. The number of nitrogens with zero attached hydrogens (tertiary/aromatic N) is 2. The van der Waals surface area contributed by atoms with E-state index in [1.807, 2.05) is 0 Å². The average Bonchev–Trinajstić information content (AvgIpc) is 3.33. The van der Waals surface area contributed by atoms with Crippen LogP contribution in [0.25, 0.3) is 0 Å². The van der Waals surface area contributed by atoms with E-state index in [2.05, 4.69) is 30.8 Å². The summed E-state index contributed by atoms with van der Waals surface area (Å²) in [4.78, 5) is 32.9. The maximum Gasteiger partial charge on any atom is 0.323 e. The van der Waals surface area contributed by atoms with Crippen LogP contribution in [0.5, 0.6) is 0 Å². The Labute approximate surface area is 169 Å². The van der Waals surface area contributed by atoms with Crippen molar-refractivity contribution in [2.75, 3.05) is 31.9 Å². The summed E-state index contributed by atoms with van der Waals surface area (Å²) in [5.74, 6) is -1.35. The van der Waals surface area contributed by atoms with Gasteiger partial charge in [-0.15, -0.1) is 0 Å². The number of hydrogen-bond donors (Lipinski definition) is 5. The summed E-state index contributed by atoms with van der Waals surface area (Å²) in [5.41, 5.74) is 0.158. The van der Waals surface area contributed by atoms with Crippen LogP contribution in [0.1, 0.15) is 32.6 Å². The fourth-order valence-electron chi connectivity index (χ4n) is 2.79. The van der Waals surface area contributed by atoms with E-state index in [0.29, 0.717) is 25.8 Å². The molecular formula is C16H28N6O6S. The average molecular weight is 433 g/mol. The Bertz CT molecular complexity index is 753. The van der Waals surface area contributed by atoms with Crippen LogP contribution in [0.2, 0.25) is 0 Å². The number of rotatable bonds is 12. The van der Waals surface area contributed by atoms with Crippen molar-refractivity contribution in [1.82, 2.24) is 20.7 Å². The first-order valence-corrected chi connectivity index (χ1v) is 11.2. The number of hydrogen-bond acceptors (Lipinski definition) is 9. The monoisotopic (exact) mass is 432 g/mol. The van der Waals surface area contributed by atoms with Crippen molar-refractivity contribution < 1.29 is 28.0 Å². The molecule has 164 valence electrons. The molecule has 2 unspecified atom stereocenters. The lowest BCUT2D eigenvalue weighted by Crippen LogP contribution is -2.49. The Balaban J connectivity index is 1.69. The smallest absolute Gasteiger partial charge is 0.323 e. The highest BCUT2D eigenvalue weighted by molar-refractivity contribution is 7.89. The van der Waals surface area contributed by atoms with Crippen LogP contribution in [0, 0.1) is 0 Å². The molecule has 2 rings (SSSR count). The minimum Gasteiger partial charge on any atom is -0.480 e. The van der Waals surface area contributed by atoms with E-state index in [4.69, 9.17) is 4.84 Å². The van der Waals surface area contributed by atoms with Crippen molar-refractivity contribution in [3.05, 3.63) is 0 Å². The standard InChI is InChI=1S/C16H28N6O6S/c1-2-8-29(26,27)22-13(15(24)25)10-20-14(23)12-9-11(28-21-12)4-3-5-17-16-18-6-7-19-16/h11,13,22H,2-10H2,1H3,(H,20,23)(H,24,25)(H2,17,18,19). The third kappa shape index (κ3) is 7.85. The molecule has 0 saturated carbocycles. The Hall–Kier alpha value is -2.41. The van der Waals surface area contributed by atoms with Gasteiger partial charge in [-0.2, -0.15) is 4.72 Å². The molecule has 0 saturated heterocycles. The highest BCUT2D eigenvalue weighted by Crippen LogP contribution is 2.15. The van der Waals surface area contributed by atoms with Crippen molar-refractivity contribution in [2.45, 2.75) is 44.8 Å². The Morgan fingerprint density at radius 1 is 1.41 bits per heavy atom. The van der Waals surface area contributed by atoms with Crippen LogP contribution in [0.4, 0.5) is 0 Å². The quantitative estimate of drug-likeness (QED) is 0.229. The second kappa shape index (κ2) is 11.0. The zero-order valence-corrected chi connectivity index (χ0v) is 17.1. The van der Waals surface area contributed by atoms with Crippen molar-refractivity contribution in [3.63, 3.8) is 0 Å². The summed E-state index contributed by atoms with van der Waals surface area (Å²) in [6.45, 7) is 3.60.